The monoisotopic (exact) mass is 431 g/mol. The molecule has 0 saturated carbocycles. The van der Waals surface area contributed by atoms with Crippen molar-refractivity contribution < 1.29 is 0 Å². The fraction of sp³-hybridized carbons (Fsp3) is 0.107. The second kappa shape index (κ2) is 9.49. The molecular formula is C28H25N5. The Labute approximate surface area is 192 Å². The summed E-state index contributed by atoms with van der Waals surface area (Å²) < 4.78 is 3.96. The molecule has 0 aliphatic carbocycles. The molecular weight excluding hydrogens is 406 g/mol. The first-order chi connectivity index (χ1) is 16.3. The molecule has 2 heterocycles. The van der Waals surface area contributed by atoms with Crippen LogP contribution in [0, 0.1) is 5.41 Å². The predicted octanol–water partition coefficient (Wildman–Crippen LogP) is 4.51. The molecule has 0 amide bonds. The van der Waals surface area contributed by atoms with E-state index < -0.39 is 0 Å². The van der Waals surface area contributed by atoms with Crippen molar-refractivity contribution in [3.8, 4) is 0 Å². The zero-order chi connectivity index (χ0) is 22.5. The Morgan fingerprint density at radius 2 is 1.18 bits per heavy atom. The normalized spacial score (nSPS) is 11.7. The Morgan fingerprint density at radius 1 is 0.636 bits per heavy atom. The number of rotatable bonds is 6. The number of aromatic nitrogens is 3. The summed E-state index contributed by atoms with van der Waals surface area (Å²) in [6.45, 7) is 1.68. The third kappa shape index (κ3) is 4.53. The topological polar surface area (TPSA) is 59.0 Å². The van der Waals surface area contributed by atoms with Gasteiger partial charge in [0.15, 0.2) is 0 Å². The fourth-order valence-corrected chi connectivity index (χ4v) is 4.03. The lowest BCUT2D eigenvalue weighted by Gasteiger charge is -2.17. The molecule has 5 rings (SSSR count). The van der Waals surface area contributed by atoms with Crippen LogP contribution in [0.15, 0.2) is 114 Å². The van der Waals surface area contributed by atoms with Crippen molar-refractivity contribution in [2.24, 2.45) is 4.99 Å². The van der Waals surface area contributed by atoms with Gasteiger partial charge in [-0.3, -0.25) is 19.5 Å². The van der Waals surface area contributed by atoms with Crippen LogP contribution in [0.25, 0.3) is 11.0 Å². The summed E-state index contributed by atoms with van der Waals surface area (Å²) in [6.07, 6.45) is 1.78. The molecule has 33 heavy (non-hydrogen) atoms. The Bertz CT molecular complexity index is 1480. The van der Waals surface area contributed by atoms with Gasteiger partial charge in [0.25, 0.3) is 0 Å². The van der Waals surface area contributed by atoms with E-state index >= 15 is 0 Å². The van der Waals surface area contributed by atoms with Gasteiger partial charge >= 0.3 is 0 Å². The Balaban J connectivity index is 1.74. The van der Waals surface area contributed by atoms with E-state index in [0.717, 1.165) is 33.2 Å². The summed E-state index contributed by atoms with van der Waals surface area (Å²) in [5, 5.41) is 10.1. The molecule has 0 aliphatic rings. The van der Waals surface area contributed by atoms with Crippen LogP contribution >= 0.6 is 0 Å². The van der Waals surface area contributed by atoms with Gasteiger partial charge in [0.2, 0.25) is 5.62 Å². The summed E-state index contributed by atoms with van der Waals surface area (Å²) in [5.41, 5.74) is 5.31. The smallest absolute Gasteiger partial charge is 0.205 e. The third-order valence-corrected chi connectivity index (χ3v) is 5.67. The summed E-state index contributed by atoms with van der Waals surface area (Å²) in [6, 6.07) is 34.7. The van der Waals surface area contributed by atoms with Crippen molar-refractivity contribution in [1.29, 1.82) is 5.41 Å². The molecule has 0 radical (unpaired) electrons. The molecule has 0 unspecified atom stereocenters. The average Bonchev–Trinajstić information content (AvgIpc) is 2.88. The van der Waals surface area contributed by atoms with Crippen molar-refractivity contribution in [2.45, 2.75) is 19.6 Å². The summed E-state index contributed by atoms with van der Waals surface area (Å²) >= 11 is 0. The molecule has 0 spiro atoms. The highest BCUT2D eigenvalue weighted by Crippen LogP contribution is 2.10. The van der Waals surface area contributed by atoms with Crippen LogP contribution in [-0.2, 0) is 19.6 Å². The number of pyridine rings is 1. The van der Waals surface area contributed by atoms with E-state index in [1.54, 1.807) is 6.20 Å². The molecule has 5 heteroatoms. The first kappa shape index (κ1) is 20.6. The van der Waals surface area contributed by atoms with E-state index in [1.165, 1.54) is 0 Å². The van der Waals surface area contributed by atoms with Gasteiger partial charge in [-0.2, -0.15) is 0 Å². The highest BCUT2D eigenvalue weighted by Gasteiger charge is 2.12. The molecule has 0 fully saturated rings. The van der Waals surface area contributed by atoms with E-state index in [0.29, 0.717) is 25.3 Å². The number of fused-ring (bicyclic) bond motifs is 1. The minimum absolute atomic E-state index is 0.376. The van der Waals surface area contributed by atoms with Crippen LogP contribution in [0.2, 0.25) is 0 Å². The van der Waals surface area contributed by atoms with Crippen molar-refractivity contribution in [2.75, 3.05) is 0 Å². The lowest BCUT2D eigenvalue weighted by Crippen LogP contribution is -2.41. The van der Waals surface area contributed by atoms with E-state index in [4.69, 9.17) is 4.99 Å². The van der Waals surface area contributed by atoms with Gasteiger partial charge in [-0.1, -0.05) is 91.0 Å². The quantitative estimate of drug-likeness (QED) is 0.422. The van der Waals surface area contributed by atoms with Crippen LogP contribution in [-0.4, -0.2) is 14.1 Å². The van der Waals surface area contributed by atoms with Gasteiger partial charge in [-0.25, -0.2) is 4.98 Å². The average molecular weight is 432 g/mol. The van der Waals surface area contributed by atoms with Crippen LogP contribution < -0.4 is 11.1 Å². The van der Waals surface area contributed by atoms with E-state index in [2.05, 4.69) is 47.4 Å². The van der Waals surface area contributed by atoms with Gasteiger partial charge in [0.05, 0.1) is 25.0 Å². The standard InChI is InChI=1S/C28H25N5/c29-28-32(20-23-13-6-2-7-14-23)26-25(17-10-18-30-26)27(31-19-22-11-4-1-5-12-22)33(28)21-24-15-8-3-9-16-24/h1-18,29H,19-21H2. The molecule has 1 N–H and O–H groups in total. The molecule has 162 valence electrons. The molecule has 5 aromatic rings. The fourth-order valence-electron chi connectivity index (χ4n) is 4.03. The van der Waals surface area contributed by atoms with Crippen molar-refractivity contribution >= 4 is 11.0 Å². The Morgan fingerprint density at radius 3 is 1.79 bits per heavy atom. The van der Waals surface area contributed by atoms with Crippen molar-refractivity contribution in [1.82, 2.24) is 14.1 Å². The third-order valence-electron chi connectivity index (χ3n) is 5.67. The highest BCUT2D eigenvalue weighted by atomic mass is 15.2. The Kier molecular flexibility index (Phi) is 5.93. The number of nitrogens with one attached hydrogen (secondary N) is 1. The van der Waals surface area contributed by atoms with Gasteiger partial charge < -0.3 is 0 Å². The van der Waals surface area contributed by atoms with Crippen LogP contribution in [0.3, 0.4) is 0 Å². The SMILES string of the molecule is N=c1n(Cc2ccccc2)c(=NCc2ccccc2)c2cccnc2n1Cc1ccccc1. The van der Waals surface area contributed by atoms with Gasteiger partial charge in [0.1, 0.15) is 11.1 Å². The number of hydrogen-bond donors (Lipinski definition) is 1. The lowest BCUT2D eigenvalue weighted by molar-refractivity contribution is 0.588. The maximum Gasteiger partial charge on any atom is 0.205 e. The Hall–Kier alpha value is -4.25. The molecule has 0 saturated heterocycles. The first-order valence-electron chi connectivity index (χ1n) is 11.0. The zero-order valence-electron chi connectivity index (χ0n) is 18.3. The van der Waals surface area contributed by atoms with Crippen molar-refractivity contribution in [3.63, 3.8) is 0 Å². The minimum atomic E-state index is 0.376. The first-order valence-corrected chi connectivity index (χ1v) is 11.0. The zero-order valence-corrected chi connectivity index (χ0v) is 18.3. The highest BCUT2D eigenvalue weighted by molar-refractivity contribution is 5.73. The lowest BCUT2D eigenvalue weighted by atomic mass is 10.2. The van der Waals surface area contributed by atoms with Gasteiger partial charge in [-0.15, -0.1) is 0 Å². The van der Waals surface area contributed by atoms with E-state index in [1.807, 2.05) is 69.8 Å². The molecule has 5 nitrogen and oxygen atoms in total. The maximum atomic E-state index is 9.18. The second-order valence-electron chi connectivity index (χ2n) is 7.97. The van der Waals surface area contributed by atoms with Crippen molar-refractivity contribution in [3.05, 3.63) is 137 Å². The van der Waals surface area contributed by atoms with Crippen LogP contribution in [0.5, 0.6) is 0 Å². The van der Waals surface area contributed by atoms with E-state index in [9.17, 15) is 5.41 Å². The molecule has 0 atom stereocenters. The summed E-state index contributed by atoms with van der Waals surface area (Å²) in [7, 11) is 0. The minimum Gasteiger partial charge on any atom is -0.292 e. The summed E-state index contributed by atoms with van der Waals surface area (Å²) in [4.78, 5) is 9.67. The molecule has 2 aromatic heterocycles. The van der Waals surface area contributed by atoms with Gasteiger partial charge in [0, 0.05) is 6.20 Å². The van der Waals surface area contributed by atoms with Crippen LogP contribution in [0.4, 0.5) is 0 Å². The molecule has 0 bridgehead atoms. The van der Waals surface area contributed by atoms with Gasteiger partial charge in [-0.05, 0) is 28.8 Å². The number of hydrogen-bond acceptors (Lipinski definition) is 3. The molecule has 3 aromatic carbocycles. The summed E-state index contributed by atoms with van der Waals surface area (Å²) in [5.74, 6) is 0. The largest absolute Gasteiger partial charge is 0.292 e. The second-order valence-corrected chi connectivity index (χ2v) is 7.97. The number of benzene rings is 3. The van der Waals surface area contributed by atoms with E-state index in [-0.39, 0.29) is 0 Å². The van der Waals surface area contributed by atoms with Crippen LogP contribution in [0.1, 0.15) is 16.7 Å². The maximum absolute atomic E-state index is 9.18. The predicted molar refractivity (Wildman–Crippen MR) is 130 cm³/mol. The number of nitrogens with zero attached hydrogens (tertiary/aromatic N) is 4. The molecule has 0 aliphatic heterocycles.